The fraction of sp³-hybridized carbons (Fsp3) is 0.271. The molecule has 554 valence electrons. The molecule has 5 N–H and O–H groups in total. The Morgan fingerprint density at radius 2 is 0.849 bits per heavy atom. The number of aryl methyl sites for hydroxylation is 1. The standard InChI is InChI=1S/C28H30N2O4.C26H26N2O2.C26H25NO3.C3H7BrO.C2HF3O2/c1-5-15-33-24-13-14-26(29-19-23-7-6-8-27(30-23)34-17-16-32-4)25(18-24)28(31)22-11-9-21(10-12-22)20(2)3;1-5-15-30-23-13-14-25(27-17-22-8-6-7-19(4)28-22)24(16-23)26(29)21-11-9-20(10-12-21)18(2)3;1-4-14-30-23-12-13-25(27-17-19-6-5-7-22(28)15-19)24(16-23)26(29)21-10-8-20(9-11-21)18(2)3;1-5-3-2-4;3-2(4,5)1(6)7/h1,6-14,18,20,29H,15-17,19H2,2-4H3;1,6-14,16,18,27H,15,17H2,2-4H3;1,5-13,15-16,18,27-28H,14,17H2,2-3H3;2-3H2,1H3;(H,6,7). The highest BCUT2D eigenvalue weighted by Gasteiger charge is 2.38. The fourth-order valence-corrected chi connectivity index (χ4v) is 9.97. The monoisotopic (exact) mass is 1510 g/mol. The number of halogens is 4. The van der Waals surface area contributed by atoms with Gasteiger partial charge in [-0.3, -0.25) is 19.4 Å². The van der Waals surface area contributed by atoms with Gasteiger partial charge in [-0.25, -0.2) is 9.78 Å². The maximum absolute atomic E-state index is 13.4. The number of rotatable bonds is 30. The van der Waals surface area contributed by atoms with Gasteiger partial charge in [0.2, 0.25) is 5.88 Å². The lowest BCUT2D eigenvalue weighted by Crippen LogP contribution is -2.21. The highest BCUT2D eigenvalue weighted by molar-refractivity contribution is 9.09. The van der Waals surface area contributed by atoms with Gasteiger partial charge in [-0.15, -0.1) is 19.3 Å². The van der Waals surface area contributed by atoms with Crippen LogP contribution in [0.3, 0.4) is 0 Å². The number of methoxy groups -OCH3 is 2. The number of alkyl halides is 4. The topological polar surface area (TPSA) is 226 Å². The van der Waals surface area contributed by atoms with Crippen LogP contribution in [0.2, 0.25) is 0 Å². The van der Waals surface area contributed by atoms with E-state index in [1.807, 2.05) is 140 Å². The quantitative estimate of drug-likeness (QED) is 0.0122. The van der Waals surface area contributed by atoms with Crippen molar-refractivity contribution in [2.75, 3.05) is 75.1 Å². The zero-order valence-electron chi connectivity index (χ0n) is 60.8. The Morgan fingerprint density at radius 1 is 0.481 bits per heavy atom. The van der Waals surface area contributed by atoms with Crippen molar-refractivity contribution < 1.29 is 71.0 Å². The van der Waals surface area contributed by atoms with Gasteiger partial charge in [0.05, 0.1) is 37.7 Å². The zero-order valence-corrected chi connectivity index (χ0v) is 62.4. The molecule has 0 radical (unpaired) electrons. The second-order valence-electron chi connectivity index (χ2n) is 24.2. The van der Waals surface area contributed by atoms with E-state index in [0.717, 1.165) is 40.3 Å². The molecule has 0 saturated carbocycles. The van der Waals surface area contributed by atoms with Gasteiger partial charge >= 0.3 is 12.1 Å². The van der Waals surface area contributed by atoms with Crippen molar-refractivity contribution in [2.24, 2.45) is 0 Å². The number of terminal acetylenes is 3. The number of benzene rings is 7. The first-order chi connectivity index (χ1) is 50.8. The van der Waals surface area contributed by atoms with Crippen molar-refractivity contribution in [1.29, 1.82) is 0 Å². The van der Waals surface area contributed by atoms with Crippen molar-refractivity contribution in [3.8, 4) is 65.9 Å². The summed E-state index contributed by atoms with van der Waals surface area (Å²) in [5.74, 6) is 7.86. The van der Waals surface area contributed by atoms with Crippen LogP contribution in [-0.4, -0.2) is 109 Å². The van der Waals surface area contributed by atoms with Crippen molar-refractivity contribution in [3.05, 3.63) is 261 Å². The molecule has 0 amide bonds. The normalized spacial score (nSPS) is 10.5. The highest BCUT2D eigenvalue weighted by Crippen LogP contribution is 2.31. The lowest BCUT2D eigenvalue weighted by molar-refractivity contribution is -0.192. The summed E-state index contributed by atoms with van der Waals surface area (Å²) in [6.07, 6.45) is 10.8. The summed E-state index contributed by atoms with van der Waals surface area (Å²) >= 11 is 3.18. The molecule has 0 aliphatic heterocycles. The Morgan fingerprint density at radius 3 is 1.18 bits per heavy atom. The number of aromatic nitrogens is 2. The number of carbonyl (C=O) groups is 4. The number of anilines is 3. The molecule has 7 aromatic carbocycles. The SMILES string of the molecule is C#CCOc1ccc(NCc2cccc(C)n2)c(C(=O)c2ccc(C(C)C)cc2)c1.C#CCOc1ccc(NCc2cccc(O)c2)c(C(=O)c2ccc(C(C)C)cc2)c1.C#CCOc1ccc(NCc2cccc(OCCOC)n2)c(C(=O)c2ccc(C(C)C)cc2)c1.COCCBr.O=C(O)C(F)(F)F. The number of carboxylic acid groups (broad SMARTS) is 1. The molecule has 2 aromatic heterocycles. The molecule has 0 unspecified atom stereocenters. The highest BCUT2D eigenvalue weighted by atomic mass is 79.9. The minimum Gasteiger partial charge on any atom is -0.508 e. The predicted octanol–water partition coefficient (Wildman–Crippen LogP) is 17.5. The Labute approximate surface area is 627 Å². The Kier molecular flexibility index (Phi) is 36.2. The van der Waals surface area contributed by atoms with Crippen LogP contribution in [0.5, 0.6) is 28.9 Å². The van der Waals surface area contributed by atoms with E-state index in [1.54, 1.807) is 68.8 Å². The van der Waals surface area contributed by atoms with E-state index < -0.39 is 12.1 Å². The van der Waals surface area contributed by atoms with E-state index in [0.29, 0.717) is 118 Å². The van der Waals surface area contributed by atoms with Crippen LogP contribution in [0.15, 0.2) is 188 Å². The minimum atomic E-state index is -5.08. The number of phenols is 1. The first-order valence-corrected chi connectivity index (χ1v) is 34.8. The number of aromatic hydroxyl groups is 1. The Balaban J connectivity index is 0.000000264. The van der Waals surface area contributed by atoms with E-state index in [-0.39, 0.29) is 42.9 Å². The van der Waals surface area contributed by atoms with Crippen molar-refractivity contribution in [1.82, 2.24) is 9.97 Å². The van der Waals surface area contributed by atoms with E-state index >= 15 is 0 Å². The summed E-state index contributed by atoms with van der Waals surface area (Å²) in [6.45, 7) is 18.2. The summed E-state index contributed by atoms with van der Waals surface area (Å²) in [5.41, 5.74) is 12.6. The van der Waals surface area contributed by atoms with E-state index in [1.165, 1.54) is 16.7 Å². The second-order valence-corrected chi connectivity index (χ2v) is 25.0. The van der Waals surface area contributed by atoms with Crippen LogP contribution >= 0.6 is 15.9 Å². The van der Waals surface area contributed by atoms with Gasteiger partial charge in [0.1, 0.15) is 49.4 Å². The number of aliphatic carboxylic acids is 1. The van der Waals surface area contributed by atoms with Crippen molar-refractivity contribution >= 4 is 56.3 Å². The number of pyridine rings is 2. The average molecular weight is 1510 g/mol. The molecule has 0 atom stereocenters. The fourth-order valence-electron chi connectivity index (χ4n) is 9.64. The number of nitrogens with one attached hydrogen (secondary N) is 3. The molecule has 2 heterocycles. The third-order valence-electron chi connectivity index (χ3n) is 15.3. The molecule has 106 heavy (non-hydrogen) atoms. The second kappa shape index (κ2) is 45.0. The number of carboxylic acids is 1. The molecule has 0 bridgehead atoms. The van der Waals surface area contributed by atoms with E-state index in [2.05, 4.69) is 106 Å². The third-order valence-corrected chi connectivity index (χ3v) is 15.6. The van der Waals surface area contributed by atoms with Crippen LogP contribution < -0.4 is 34.9 Å². The molecule has 0 spiro atoms. The molecule has 0 saturated heterocycles. The average Bonchev–Trinajstić information content (AvgIpc) is 0.825. The number of hydrogen-bond acceptors (Lipinski definition) is 16. The van der Waals surface area contributed by atoms with Crippen LogP contribution in [0.25, 0.3) is 0 Å². The Hall–Kier alpha value is -11.4. The van der Waals surface area contributed by atoms with Gasteiger partial charge in [0, 0.05) is 88.3 Å². The first kappa shape index (κ1) is 85.2. The van der Waals surface area contributed by atoms with Gasteiger partial charge < -0.3 is 54.6 Å². The maximum atomic E-state index is 13.4. The molecule has 0 aliphatic carbocycles. The summed E-state index contributed by atoms with van der Waals surface area (Å²) in [6, 6.07) is 57.6. The number of nitrogens with zero attached hydrogens (tertiary/aromatic N) is 2. The number of ether oxygens (including phenoxy) is 6. The van der Waals surface area contributed by atoms with Crippen LogP contribution in [0.4, 0.5) is 30.2 Å². The number of carbonyl (C=O) groups excluding carboxylic acids is 3. The summed E-state index contributed by atoms with van der Waals surface area (Å²) in [7, 11) is 3.30. The zero-order chi connectivity index (χ0) is 77.6. The summed E-state index contributed by atoms with van der Waals surface area (Å²) in [4.78, 5) is 57.9. The van der Waals surface area contributed by atoms with Crippen molar-refractivity contribution in [2.45, 2.75) is 92.0 Å². The molecule has 21 heteroatoms. The molecular weight excluding hydrogens is 1420 g/mol. The lowest BCUT2D eigenvalue weighted by atomic mass is 9.97. The predicted molar refractivity (Wildman–Crippen MR) is 414 cm³/mol. The van der Waals surface area contributed by atoms with E-state index in [4.69, 9.17) is 52.9 Å². The van der Waals surface area contributed by atoms with E-state index in [9.17, 15) is 32.7 Å². The molecular formula is C85H89BrF3N5O12. The molecule has 0 aliphatic rings. The smallest absolute Gasteiger partial charge is 0.490 e. The summed E-state index contributed by atoms with van der Waals surface area (Å²) < 4.78 is 63.6. The first-order valence-electron chi connectivity index (χ1n) is 33.7. The number of phenolic OH excluding ortho intramolecular Hbond substituents is 1. The van der Waals surface area contributed by atoms with Crippen LogP contribution in [0, 0.1) is 44.0 Å². The lowest BCUT2D eigenvalue weighted by Gasteiger charge is -2.14. The van der Waals surface area contributed by atoms with Gasteiger partial charge in [-0.1, -0.05) is 172 Å². The summed E-state index contributed by atoms with van der Waals surface area (Å²) in [5, 5.41) is 27.7. The molecule has 0 fully saturated rings. The molecule has 9 aromatic rings. The van der Waals surface area contributed by atoms with Gasteiger partial charge in [-0.2, -0.15) is 13.2 Å². The minimum absolute atomic E-state index is 0.0730. The van der Waals surface area contributed by atoms with Gasteiger partial charge in [0.25, 0.3) is 0 Å². The molecule has 9 rings (SSSR count). The van der Waals surface area contributed by atoms with Crippen molar-refractivity contribution in [3.63, 3.8) is 0 Å². The third kappa shape index (κ3) is 29.0. The Bertz CT molecular complexity index is 4240. The van der Waals surface area contributed by atoms with Crippen LogP contribution in [0.1, 0.15) is 146 Å². The van der Waals surface area contributed by atoms with Gasteiger partial charge in [0.15, 0.2) is 17.3 Å². The molecule has 17 nitrogen and oxygen atoms in total. The maximum Gasteiger partial charge on any atom is 0.490 e. The largest absolute Gasteiger partial charge is 0.508 e. The van der Waals surface area contributed by atoms with Crippen LogP contribution in [-0.2, 0) is 33.9 Å². The number of ketones is 3. The van der Waals surface area contributed by atoms with Gasteiger partial charge in [-0.05, 0) is 132 Å². The number of hydrogen-bond donors (Lipinski definition) is 5.